The summed E-state index contributed by atoms with van der Waals surface area (Å²) >= 11 is 0. The molecule has 0 aliphatic carbocycles. The van der Waals surface area contributed by atoms with Crippen LogP contribution in [-0.2, 0) is 9.53 Å². The van der Waals surface area contributed by atoms with Crippen molar-refractivity contribution in [1.82, 2.24) is 0 Å². The van der Waals surface area contributed by atoms with E-state index in [1.807, 2.05) is 48.5 Å². The number of hydrogen-bond acceptors (Lipinski definition) is 4. The normalized spacial score (nSPS) is 11.7. The lowest BCUT2D eigenvalue weighted by Gasteiger charge is -2.08. The number of nitro groups is 1. The van der Waals surface area contributed by atoms with Crippen molar-refractivity contribution in [2.75, 3.05) is 6.61 Å². The molecule has 0 aliphatic rings. The molecule has 0 atom stereocenters. The van der Waals surface area contributed by atoms with E-state index < -0.39 is 0 Å². The summed E-state index contributed by atoms with van der Waals surface area (Å²) in [6.07, 6.45) is 3.19. The molecule has 0 N–H and O–H groups in total. The number of esters is 1. The van der Waals surface area contributed by atoms with Gasteiger partial charge in [0.1, 0.15) is 0 Å². The first-order chi connectivity index (χ1) is 13.1. The molecule has 0 fully saturated rings. The highest BCUT2D eigenvalue weighted by Gasteiger charge is 2.13. The molecule has 0 unspecified atom stereocenters. The van der Waals surface area contributed by atoms with E-state index in [1.54, 1.807) is 6.08 Å². The molecule has 27 heavy (non-hydrogen) atoms. The van der Waals surface area contributed by atoms with E-state index in [9.17, 15) is 14.9 Å². The largest absolute Gasteiger partial charge is 0.466 e. The Hall–Kier alpha value is -3.21. The Balaban J connectivity index is 1.93. The van der Waals surface area contributed by atoms with Crippen LogP contribution < -0.4 is 0 Å². The average Bonchev–Trinajstić information content (AvgIpc) is 2.66. The third-order valence-corrected chi connectivity index (χ3v) is 4.49. The van der Waals surface area contributed by atoms with Crippen LogP contribution in [0.15, 0.2) is 60.3 Å². The van der Waals surface area contributed by atoms with Gasteiger partial charge in [0, 0.05) is 19.4 Å². The van der Waals surface area contributed by atoms with Crippen LogP contribution in [0.3, 0.4) is 0 Å². The van der Waals surface area contributed by atoms with Crippen molar-refractivity contribution < 1.29 is 14.5 Å². The molecule has 0 saturated heterocycles. The molecule has 0 amide bonds. The van der Waals surface area contributed by atoms with E-state index in [1.165, 1.54) is 6.92 Å². The molecule has 5 heteroatoms. The third-order valence-electron chi connectivity index (χ3n) is 4.49. The number of nitrogens with zero attached hydrogens (tertiary/aromatic N) is 1. The molecular formula is C22H21NO4. The van der Waals surface area contributed by atoms with Gasteiger partial charge in [-0.05, 0) is 46.0 Å². The first kappa shape index (κ1) is 18.6. The van der Waals surface area contributed by atoms with Crippen LogP contribution in [0.2, 0.25) is 0 Å². The molecule has 5 nitrogen and oxygen atoms in total. The second-order valence-corrected chi connectivity index (χ2v) is 6.42. The van der Waals surface area contributed by atoms with Crippen molar-refractivity contribution in [3.8, 4) is 0 Å². The maximum Gasteiger partial charge on any atom is 0.302 e. The van der Waals surface area contributed by atoms with E-state index in [4.69, 9.17) is 4.74 Å². The Morgan fingerprint density at radius 1 is 1.04 bits per heavy atom. The number of allylic oxidation sites excluding steroid dienone is 1. The number of rotatable bonds is 7. The second kappa shape index (κ2) is 8.45. The van der Waals surface area contributed by atoms with E-state index in [-0.39, 0.29) is 16.6 Å². The van der Waals surface area contributed by atoms with Crippen molar-refractivity contribution in [3.05, 3.63) is 76.0 Å². The van der Waals surface area contributed by atoms with Crippen LogP contribution in [-0.4, -0.2) is 17.5 Å². The Bertz CT molecular complexity index is 1020. The third kappa shape index (κ3) is 4.50. The molecule has 0 heterocycles. The minimum absolute atomic E-state index is 0.165. The Morgan fingerprint density at radius 2 is 1.70 bits per heavy atom. The maximum atomic E-state index is 11.5. The lowest BCUT2D eigenvalue weighted by Crippen LogP contribution is -2.02. The van der Waals surface area contributed by atoms with Crippen LogP contribution in [0.25, 0.3) is 27.6 Å². The summed E-state index contributed by atoms with van der Waals surface area (Å²) in [5.74, 6) is -0.331. The SMILES string of the molecule is CC(=O)OCCCC/C(=C/c1cc2ccccc2c2ccccc12)[N+](=O)[O-]. The number of unbranched alkanes of at least 4 members (excludes halogenated alkanes) is 1. The number of fused-ring (bicyclic) bond motifs is 3. The van der Waals surface area contributed by atoms with E-state index in [0.29, 0.717) is 25.9 Å². The van der Waals surface area contributed by atoms with Gasteiger partial charge in [-0.25, -0.2) is 0 Å². The summed E-state index contributed by atoms with van der Waals surface area (Å²) in [5.41, 5.74) is 1.01. The minimum atomic E-state index is -0.331. The van der Waals surface area contributed by atoms with Gasteiger partial charge in [0.2, 0.25) is 5.70 Å². The zero-order valence-electron chi connectivity index (χ0n) is 15.2. The molecule has 0 radical (unpaired) electrons. The van der Waals surface area contributed by atoms with Gasteiger partial charge in [0.15, 0.2) is 0 Å². The van der Waals surface area contributed by atoms with Gasteiger partial charge in [0.25, 0.3) is 0 Å². The van der Waals surface area contributed by atoms with Crippen LogP contribution in [0, 0.1) is 10.1 Å². The highest BCUT2D eigenvalue weighted by molar-refractivity contribution is 6.10. The van der Waals surface area contributed by atoms with Gasteiger partial charge in [-0.1, -0.05) is 48.5 Å². The zero-order valence-corrected chi connectivity index (χ0v) is 15.2. The van der Waals surface area contributed by atoms with Crippen LogP contribution in [0.4, 0.5) is 0 Å². The monoisotopic (exact) mass is 363 g/mol. The average molecular weight is 363 g/mol. The number of ether oxygens (including phenoxy) is 1. The fourth-order valence-electron chi connectivity index (χ4n) is 3.22. The Labute approximate surface area is 157 Å². The smallest absolute Gasteiger partial charge is 0.302 e. The number of hydrogen-bond donors (Lipinski definition) is 0. The van der Waals surface area contributed by atoms with E-state index in [2.05, 4.69) is 6.07 Å². The Kier molecular flexibility index (Phi) is 5.81. The van der Waals surface area contributed by atoms with Gasteiger partial charge in [-0.2, -0.15) is 0 Å². The number of carbonyl (C=O) groups is 1. The predicted octanol–water partition coefficient (Wildman–Crippen LogP) is 5.34. The lowest BCUT2D eigenvalue weighted by atomic mass is 9.96. The van der Waals surface area contributed by atoms with Gasteiger partial charge >= 0.3 is 5.97 Å². The lowest BCUT2D eigenvalue weighted by molar-refractivity contribution is -0.426. The molecule has 0 bridgehead atoms. The highest BCUT2D eigenvalue weighted by atomic mass is 16.6. The first-order valence-electron chi connectivity index (χ1n) is 8.95. The summed E-state index contributed by atoms with van der Waals surface area (Å²) in [5, 5.41) is 15.8. The molecule has 0 saturated carbocycles. The van der Waals surface area contributed by atoms with Crippen molar-refractivity contribution in [2.24, 2.45) is 0 Å². The molecule has 138 valence electrons. The summed E-state index contributed by atoms with van der Waals surface area (Å²) < 4.78 is 4.88. The molecule has 0 aliphatic heterocycles. The molecular weight excluding hydrogens is 342 g/mol. The van der Waals surface area contributed by atoms with Crippen LogP contribution >= 0.6 is 0 Å². The van der Waals surface area contributed by atoms with Crippen molar-refractivity contribution in [2.45, 2.75) is 26.2 Å². The second-order valence-electron chi connectivity index (χ2n) is 6.42. The quantitative estimate of drug-likeness (QED) is 0.187. The molecule has 3 aromatic rings. The number of benzene rings is 3. The maximum absolute atomic E-state index is 11.5. The molecule has 0 spiro atoms. The van der Waals surface area contributed by atoms with Crippen LogP contribution in [0.5, 0.6) is 0 Å². The molecule has 3 rings (SSSR count). The summed E-state index contributed by atoms with van der Waals surface area (Å²) in [6.45, 7) is 1.65. The molecule has 3 aromatic carbocycles. The fraction of sp³-hybridized carbons (Fsp3) is 0.227. The summed E-state index contributed by atoms with van der Waals surface area (Å²) in [4.78, 5) is 22.0. The van der Waals surface area contributed by atoms with Gasteiger partial charge in [-0.15, -0.1) is 0 Å². The first-order valence-corrected chi connectivity index (χ1v) is 8.95. The van der Waals surface area contributed by atoms with Crippen LogP contribution in [0.1, 0.15) is 31.7 Å². The minimum Gasteiger partial charge on any atom is -0.466 e. The summed E-state index contributed by atoms with van der Waals surface area (Å²) in [7, 11) is 0. The van der Waals surface area contributed by atoms with Crippen molar-refractivity contribution in [3.63, 3.8) is 0 Å². The zero-order chi connectivity index (χ0) is 19.2. The molecule has 0 aromatic heterocycles. The van der Waals surface area contributed by atoms with E-state index >= 15 is 0 Å². The van der Waals surface area contributed by atoms with Crippen molar-refractivity contribution in [1.29, 1.82) is 0 Å². The van der Waals surface area contributed by atoms with Gasteiger partial charge < -0.3 is 4.74 Å². The fourth-order valence-corrected chi connectivity index (χ4v) is 3.22. The predicted molar refractivity (Wildman–Crippen MR) is 107 cm³/mol. The summed E-state index contributed by atoms with van der Waals surface area (Å²) in [6, 6.07) is 18.0. The van der Waals surface area contributed by atoms with Gasteiger partial charge in [0.05, 0.1) is 11.5 Å². The standard InChI is InChI=1S/C22H21NO4/c1-16(24)27-13-7-6-9-19(23(25)26)15-18-14-17-8-2-3-10-20(17)22-12-5-4-11-21(18)22/h2-5,8,10-12,14-15H,6-7,9,13H2,1H3/b19-15-. The number of carbonyl (C=O) groups excluding carboxylic acids is 1. The topological polar surface area (TPSA) is 69.4 Å². The van der Waals surface area contributed by atoms with Gasteiger partial charge in [-0.3, -0.25) is 14.9 Å². The highest BCUT2D eigenvalue weighted by Crippen LogP contribution is 2.30. The van der Waals surface area contributed by atoms with E-state index in [0.717, 1.165) is 27.1 Å². The Morgan fingerprint density at radius 3 is 2.41 bits per heavy atom. The van der Waals surface area contributed by atoms with Crippen molar-refractivity contribution >= 4 is 33.6 Å².